The van der Waals surface area contributed by atoms with Crippen molar-refractivity contribution >= 4 is 34.5 Å². The van der Waals surface area contributed by atoms with Crippen LogP contribution >= 0.6 is 0 Å². The van der Waals surface area contributed by atoms with E-state index in [-0.39, 0.29) is 0 Å². The van der Waals surface area contributed by atoms with E-state index in [9.17, 15) is 9.59 Å². The molecule has 3 aromatic rings. The van der Waals surface area contributed by atoms with Crippen LogP contribution in [0.2, 0.25) is 0 Å². The number of nitrogens with one attached hydrogen (secondary N) is 1. The summed E-state index contributed by atoms with van der Waals surface area (Å²) in [5.41, 5.74) is 2.32. The summed E-state index contributed by atoms with van der Waals surface area (Å²) in [5, 5.41) is 12.4. The lowest BCUT2D eigenvalue weighted by molar-refractivity contribution is -0.142. The van der Waals surface area contributed by atoms with Gasteiger partial charge >= 0.3 is 5.97 Å². The highest BCUT2D eigenvalue weighted by Crippen LogP contribution is 2.24. The van der Waals surface area contributed by atoms with Crippen molar-refractivity contribution in [2.75, 3.05) is 19.0 Å². The zero-order valence-corrected chi connectivity index (χ0v) is 16.5. The Balaban J connectivity index is 1.61. The molecule has 30 heavy (non-hydrogen) atoms. The normalized spacial score (nSPS) is 10.7. The molecular weight excluding hydrogens is 382 g/mol. The molecule has 1 heterocycles. The van der Waals surface area contributed by atoms with E-state index in [2.05, 4.69) is 11.4 Å². The molecule has 0 aliphatic carbocycles. The predicted octanol–water partition coefficient (Wildman–Crippen LogP) is 3.76. The van der Waals surface area contributed by atoms with Crippen LogP contribution in [0.4, 0.5) is 5.69 Å². The molecule has 0 unspecified atom stereocenters. The highest BCUT2D eigenvalue weighted by Gasteiger charge is 2.10. The Morgan fingerprint density at radius 1 is 1.17 bits per heavy atom. The van der Waals surface area contributed by atoms with Gasteiger partial charge in [-0.25, -0.2) is 4.79 Å². The summed E-state index contributed by atoms with van der Waals surface area (Å²) in [6.45, 7) is 0.156. The monoisotopic (exact) mass is 403 g/mol. The molecule has 0 fully saturated rings. The largest absolute Gasteiger partial charge is 0.495 e. The molecule has 152 valence electrons. The molecule has 0 atom stereocenters. The number of ether oxygens (including phenoxy) is 2. The molecule has 1 aromatic heterocycles. The van der Waals surface area contributed by atoms with Crippen molar-refractivity contribution in [2.45, 2.75) is 13.0 Å². The average molecular weight is 403 g/mol. The van der Waals surface area contributed by atoms with Crippen LogP contribution in [-0.4, -0.2) is 30.2 Å². The van der Waals surface area contributed by atoms with Crippen LogP contribution in [0.15, 0.2) is 60.8 Å². The van der Waals surface area contributed by atoms with E-state index in [1.807, 2.05) is 35.0 Å². The lowest BCUT2D eigenvalue weighted by Crippen LogP contribution is -2.20. The zero-order valence-electron chi connectivity index (χ0n) is 16.5. The number of aromatic nitrogens is 1. The summed E-state index contributed by atoms with van der Waals surface area (Å²) in [6, 6.07) is 16.8. The van der Waals surface area contributed by atoms with Gasteiger partial charge in [0.2, 0.25) is 0 Å². The van der Waals surface area contributed by atoms with Gasteiger partial charge in [-0.15, -0.1) is 0 Å². The number of benzene rings is 2. The van der Waals surface area contributed by atoms with Gasteiger partial charge in [0.1, 0.15) is 5.75 Å². The summed E-state index contributed by atoms with van der Waals surface area (Å²) in [7, 11) is 1.51. The van der Waals surface area contributed by atoms with Crippen molar-refractivity contribution < 1.29 is 19.1 Å². The number of anilines is 1. The quantitative estimate of drug-likeness (QED) is 0.457. The minimum Gasteiger partial charge on any atom is -0.495 e. The van der Waals surface area contributed by atoms with Gasteiger partial charge < -0.3 is 19.4 Å². The molecule has 0 saturated heterocycles. The number of para-hydroxylation sites is 3. The number of hydrogen-bond acceptors (Lipinski definition) is 5. The second kappa shape index (κ2) is 9.94. The van der Waals surface area contributed by atoms with E-state index in [1.54, 1.807) is 30.3 Å². The number of hydrogen-bond donors (Lipinski definition) is 1. The standard InChI is InChI=1S/C23H21N3O4/c1-29-21-10-5-3-8-19(21)25-22(27)16-30-23(28)12-11-17-15-26(14-6-13-24)20-9-4-2-7-18(17)20/h2-5,7-12,15H,6,14,16H2,1H3,(H,25,27)/b12-11+. The van der Waals surface area contributed by atoms with Gasteiger partial charge in [-0.05, 0) is 24.3 Å². The van der Waals surface area contributed by atoms with Gasteiger partial charge in [0.25, 0.3) is 5.91 Å². The third-order valence-corrected chi connectivity index (χ3v) is 4.41. The highest BCUT2D eigenvalue weighted by atomic mass is 16.5. The third-order valence-electron chi connectivity index (χ3n) is 4.41. The van der Waals surface area contributed by atoms with E-state index >= 15 is 0 Å². The van der Waals surface area contributed by atoms with Gasteiger partial charge in [-0.1, -0.05) is 30.3 Å². The summed E-state index contributed by atoms with van der Waals surface area (Å²) in [4.78, 5) is 24.1. The van der Waals surface area contributed by atoms with Crippen molar-refractivity contribution in [3.63, 3.8) is 0 Å². The fourth-order valence-corrected chi connectivity index (χ4v) is 3.04. The first-order chi connectivity index (χ1) is 14.6. The number of rotatable bonds is 8. The molecule has 7 heteroatoms. The number of carbonyl (C=O) groups excluding carboxylic acids is 2. The molecule has 0 bridgehead atoms. The first-order valence-corrected chi connectivity index (χ1v) is 9.35. The Morgan fingerprint density at radius 3 is 2.73 bits per heavy atom. The van der Waals surface area contributed by atoms with Crippen molar-refractivity contribution in [2.24, 2.45) is 0 Å². The van der Waals surface area contributed by atoms with Crippen molar-refractivity contribution in [3.05, 3.63) is 66.4 Å². The zero-order chi connectivity index (χ0) is 21.3. The summed E-state index contributed by atoms with van der Waals surface area (Å²) >= 11 is 0. The maximum absolute atomic E-state index is 12.0. The topological polar surface area (TPSA) is 93.3 Å². The molecular formula is C23H21N3O4. The lowest BCUT2D eigenvalue weighted by atomic mass is 10.1. The minimum absolute atomic E-state index is 0.394. The molecule has 7 nitrogen and oxygen atoms in total. The highest BCUT2D eigenvalue weighted by molar-refractivity contribution is 5.97. The van der Waals surface area contributed by atoms with E-state index in [0.717, 1.165) is 16.5 Å². The number of fused-ring (bicyclic) bond motifs is 1. The fourth-order valence-electron chi connectivity index (χ4n) is 3.04. The average Bonchev–Trinajstić information content (AvgIpc) is 3.13. The van der Waals surface area contributed by atoms with E-state index in [0.29, 0.717) is 24.4 Å². The molecule has 3 rings (SSSR count). The van der Waals surface area contributed by atoms with Crippen molar-refractivity contribution in [1.29, 1.82) is 5.26 Å². The maximum Gasteiger partial charge on any atom is 0.331 e. The van der Waals surface area contributed by atoms with Gasteiger partial charge in [0.05, 0.1) is 25.3 Å². The van der Waals surface area contributed by atoms with Crippen molar-refractivity contribution in [1.82, 2.24) is 4.57 Å². The number of methoxy groups -OCH3 is 1. The van der Waals surface area contributed by atoms with Crippen LogP contribution in [0.3, 0.4) is 0 Å². The summed E-state index contributed by atoms with van der Waals surface area (Å²) in [5.74, 6) is -0.571. The third kappa shape index (κ3) is 5.06. The molecule has 0 aliphatic heterocycles. The maximum atomic E-state index is 12.0. The van der Waals surface area contributed by atoms with Gasteiger partial charge in [-0.3, -0.25) is 4.79 Å². The molecule has 2 aromatic carbocycles. The second-order valence-electron chi connectivity index (χ2n) is 6.39. The van der Waals surface area contributed by atoms with Crippen LogP contribution < -0.4 is 10.1 Å². The Kier molecular flexibility index (Phi) is 6.85. The summed E-state index contributed by atoms with van der Waals surface area (Å²) < 4.78 is 12.2. The van der Waals surface area contributed by atoms with Crippen molar-refractivity contribution in [3.8, 4) is 11.8 Å². The molecule has 0 radical (unpaired) electrons. The minimum atomic E-state index is -0.626. The van der Waals surface area contributed by atoms with E-state index in [1.165, 1.54) is 13.2 Å². The number of amides is 1. The SMILES string of the molecule is COc1ccccc1NC(=O)COC(=O)/C=C/c1cn(CCC#N)c2ccccc12. The van der Waals surface area contributed by atoms with Crippen LogP contribution in [0, 0.1) is 11.3 Å². The Labute approximate surface area is 174 Å². The second-order valence-corrected chi connectivity index (χ2v) is 6.39. The van der Waals surface area contributed by atoms with E-state index in [4.69, 9.17) is 14.7 Å². The number of carbonyl (C=O) groups is 2. The van der Waals surface area contributed by atoms with Gasteiger partial charge in [-0.2, -0.15) is 5.26 Å². The number of esters is 1. The number of nitrogens with zero attached hydrogens (tertiary/aromatic N) is 2. The van der Waals surface area contributed by atoms with Crippen LogP contribution in [0.5, 0.6) is 5.75 Å². The van der Waals surface area contributed by atoms with E-state index < -0.39 is 18.5 Å². The number of aryl methyl sites for hydroxylation is 1. The van der Waals surface area contributed by atoms with Crippen LogP contribution in [0.1, 0.15) is 12.0 Å². The predicted molar refractivity (Wildman–Crippen MR) is 114 cm³/mol. The fraction of sp³-hybridized carbons (Fsp3) is 0.174. The van der Waals surface area contributed by atoms with Crippen LogP contribution in [0.25, 0.3) is 17.0 Å². The molecule has 0 saturated carbocycles. The number of nitriles is 1. The smallest absolute Gasteiger partial charge is 0.331 e. The Hall–Kier alpha value is -4.05. The molecule has 0 aliphatic rings. The first-order valence-electron chi connectivity index (χ1n) is 9.35. The summed E-state index contributed by atoms with van der Waals surface area (Å²) in [6.07, 6.45) is 5.21. The van der Waals surface area contributed by atoms with Crippen LogP contribution in [-0.2, 0) is 20.9 Å². The Morgan fingerprint density at radius 2 is 1.93 bits per heavy atom. The van der Waals surface area contributed by atoms with Gasteiger partial charge in [0.15, 0.2) is 6.61 Å². The first kappa shape index (κ1) is 20.7. The molecule has 1 N–H and O–H groups in total. The Bertz CT molecular complexity index is 1120. The molecule has 1 amide bonds. The van der Waals surface area contributed by atoms with Gasteiger partial charge in [0, 0.05) is 35.3 Å². The molecule has 0 spiro atoms. The lowest BCUT2D eigenvalue weighted by Gasteiger charge is -2.09.